The van der Waals surface area contributed by atoms with Crippen LogP contribution in [-0.4, -0.2) is 19.0 Å². The Kier molecular flexibility index (Phi) is 3.91. The van der Waals surface area contributed by atoms with E-state index in [0.29, 0.717) is 17.9 Å². The highest BCUT2D eigenvalue weighted by Crippen LogP contribution is 2.18. The molecule has 0 spiro atoms. The lowest BCUT2D eigenvalue weighted by molar-refractivity contribution is -0.123. The van der Waals surface area contributed by atoms with Crippen molar-refractivity contribution in [1.82, 2.24) is 10.6 Å². The number of carbonyl (C=O) groups excluding carboxylic acids is 1. The summed E-state index contributed by atoms with van der Waals surface area (Å²) in [7, 11) is 0. The average molecular weight is 254 g/mol. The molecule has 0 saturated carbocycles. The predicted molar refractivity (Wildman–Crippen MR) is 63.9 cm³/mol. The smallest absolute Gasteiger partial charge is 0.220 e. The van der Waals surface area contributed by atoms with Crippen molar-refractivity contribution in [2.45, 2.75) is 19.4 Å². The molecule has 3 nitrogen and oxygen atoms in total. The highest BCUT2D eigenvalue weighted by molar-refractivity contribution is 5.76. The van der Waals surface area contributed by atoms with E-state index in [4.69, 9.17) is 0 Å². The summed E-state index contributed by atoms with van der Waals surface area (Å²) < 4.78 is 26.3. The van der Waals surface area contributed by atoms with Crippen molar-refractivity contribution in [1.29, 1.82) is 0 Å². The van der Waals surface area contributed by atoms with Gasteiger partial charge in [0.2, 0.25) is 5.91 Å². The second kappa shape index (κ2) is 5.44. The molecule has 1 aromatic rings. The van der Waals surface area contributed by atoms with Crippen LogP contribution in [0.2, 0.25) is 0 Å². The third-order valence-corrected chi connectivity index (χ3v) is 3.15. The number of halogens is 2. The van der Waals surface area contributed by atoms with E-state index in [9.17, 15) is 13.6 Å². The van der Waals surface area contributed by atoms with Gasteiger partial charge in [-0.3, -0.25) is 4.79 Å². The van der Waals surface area contributed by atoms with Gasteiger partial charge in [0.05, 0.1) is 6.04 Å². The number of hydrogen-bond acceptors (Lipinski definition) is 2. The Balaban J connectivity index is 1.93. The molecule has 2 N–H and O–H groups in total. The van der Waals surface area contributed by atoms with E-state index in [1.54, 1.807) is 6.92 Å². The Morgan fingerprint density at radius 1 is 1.50 bits per heavy atom. The van der Waals surface area contributed by atoms with Crippen LogP contribution in [0.5, 0.6) is 0 Å². The largest absolute Gasteiger partial charge is 0.349 e. The summed E-state index contributed by atoms with van der Waals surface area (Å²) in [5.74, 6) is -0.976. The second-order valence-electron chi connectivity index (χ2n) is 4.68. The van der Waals surface area contributed by atoms with Crippen molar-refractivity contribution in [3.8, 4) is 0 Å². The van der Waals surface area contributed by atoms with Crippen LogP contribution in [0.4, 0.5) is 8.78 Å². The van der Waals surface area contributed by atoms with Crippen molar-refractivity contribution in [3.63, 3.8) is 0 Å². The van der Waals surface area contributed by atoms with Gasteiger partial charge in [-0.15, -0.1) is 0 Å². The zero-order chi connectivity index (χ0) is 13.1. The van der Waals surface area contributed by atoms with Crippen LogP contribution in [0.25, 0.3) is 0 Å². The zero-order valence-electron chi connectivity index (χ0n) is 10.2. The summed E-state index contributed by atoms with van der Waals surface area (Å²) in [6.07, 6.45) is 0.445. The summed E-state index contributed by atoms with van der Waals surface area (Å²) in [5.41, 5.74) is 0.302. The summed E-state index contributed by atoms with van der Waals surface area (Å²) in [4.78, 5) is 11.7. The fraction of sp³-hybridized carbons (Fsp3) is 0.462. The highest BCUT2D eigenvalue weighted by atomic mass is 19.1. The molecule has 1 amide bonds. The minimum atomic E-state index is -0.631. The van der Waals surface area contributed by atoms with Crippen molar-refractivity contribution >= 4 is 5.91 Å². The monoisotopic (exact) mass is 254 g/mol. The molecule has 1 aliphatic rings. The van der Waals surface area contributed by atoms with E-state index in [1.807, 2.05) is 0 Å². The van der Waals surface area contributed by atoms with Gasteiger partial charge in [0.25, 0.3) is 0 Å². The molecule has 0 bridgehead atoms. The molecule has 0 aliphatic carbocycles. The van der Waals surface area contributed by atoms with Crippen LogP contribution in [0.1, 0.15) is 24.9 Å². The van der Waals surface area contributed by atoms with Gasteiger partial charge < -0.3 is 10.6 Å². The van der Waals surface area contributed by atoms with Crippen LogP contribution in [0.15, 0.2) is 18.2 Å². The zero-order valence-corrected chi connectivity index (χ0v) is 10.2. The molecule has 98 valence electrons. The molecule has 1 fully saturated rings. The van der Waals surface area contributed by atoms with Crippen molar-refractivity contribution in [2.75, 3.05) is 13.1 Å². The normalized spacial score (nSPS) is 17.1. The standard InChI is InChI=1S/C13H16F2N2O/c1-8(11-3-2-10(14)5-12(11)15)17-13(18)4-9-6-16-7-9/h2-3,5,8-9,16H,4,6-7H2,1H3,(H,17,18). The minimum Gasteiger partial charge on any atom is -0.349 e. The topological polar surface area (TPSA) is 41.1 Å². The molecule has 0 radical (unpaired) electrons. The molecule has 1 saturated heterocycles. The first-order valence-corrected chi connectivity index (χ1v) is 6.01. The Morgan fingerprint density at radius 2 is 2.22 bits per heavy atom. The maximum atomic E-state index is 13.5. The molecule has 2 rings (SSSR count). The lowest BCUT2D eigenvalue weighted by atomic mass is 9.98. The van der Waals surface area contributed by atoms with E-state index in [0.717, 1.165) is 19.2 Å². The van der Waals surface area contributed by atoms with Crippen molar-refractivity contribution in [3.05, 3.63) is 35.4 Å². The predicted octanol–water partition coefficient (Wildman–Crippen LogP) is 1.75. The lowest BCUT2D eigenvalue weighted by Gasteiger charge is -2.27. The minimum absolute atomic E-state index is 0.0993. The first kappa shape index (κ1) is 13.0. The number of benzene rings is 1. The Bertz CT molecular complexity index is 447. The van der Waals surface area contributed by atoms with Gasteiger partial charge >= 0.3 is 0 Å². The Morgan fingerprint density at radius 3 is 2.78 bits per heavy atom. The number of amides is 1. The second-order valence-corrected chi connectivity index (χ2v) is 4.68. The molecule has 0 aromatic heterocycles. The van der Waals surface area contributed by atoms with Gasteiger partial charge in [-0.05, 0) is 32.0 Å². The quantitative estimate of drug-likeness (QED) is 0.859. The van der Waals surface area contributed by atoms with Gasteiger partial charge in [-0.2, -0.15) is 0 Å². The van der Waals surface area contributed by atoms with Crippen molar-refractivity contribution < 1.29 is 13.6 Å². The van der Waals surface area contributed by atoms with Crippen LogP contribution >= 0.6 is 0 Å². The van der Waals surface area contributed by atoms with E-state index >= 15 is 0 Å². The third-order valence-electron chi connectivity index (χ3n) is 3.15. The number of carbonyl (C=O) groups is 1. The van der Waals surface area contributed by atoms with Crippen LogP contribution < -0.4 is 10.6 Å². The summed E-state index contributed by atoms with van der Waals surface area (Å²) in [6.45, 7) is 3.40. The fourth-order valence-electron chi connectivity index (χ4n) is 1.99. The number of hydrogen-bond donors (Lipinski definition) is 2. The number of nitrogens with one attached hydrogen (secondary N) is 2. The Labute approximate surface area is 105 Å². The first-order chi connectivity index (χ1) is 8.56. The summed E-state index contributed by atoms with van der Waals surface area (Å²) in [6, 6.07) is 2.93. The molecule has 5 heteroatoms. The van der Waals surface area contributed by atoms with Crippen LogP contribution in [0.3, 0.4) is 0 Å². The maximum absolute atomic E-state index is 13.5. The molecule has 1 aromatic carbocycles. The average Bonchev–Trinajstić information content (AvgIpc) is 2.23. The SMILES string of the molecule is CC(NC(=O)CC1CNC1)c1ccc(F)cc1F. The van der Waals surface area contributed by atoms with Gasteiger partial charge in [-0.25, -0.2) is 8.78 Å². The maximum Gasteiger partial charge on any atom is 0.220 e. The molecule has 18 heavy (non-hydrogen) atoms. The first-order valence-electron chi connectivity index (χ1n) is 6.01. The summed E-state index contributed by atoms with van der Waals surface area (Å²) in [5, 5.41) is 5.81. The van der Waals surface area contributed by atoms with E-state index in [1.165, 1.54) is 12.1 Å². The van der Waals surface area contributed by atoms with Gasteiger partial charge in [0.15, 0.2) is 0 Å². The van der Waals surface area contributed by atoms with Gasteiger partial charge in [0, 0.05) is 18.1 Å². The van der Waals surface area contributed by atoms with Crippen LogP contribution in [0, 0.1) is 17.6 Å². The van der Waals surface area contributed by atoms with Crippen LogP contribution in [-0.2, 0) is 4.79 Å². The van der Waals surface area contributed by atoms with E-state index < -0.39 is 17.7 Å². The molecule has 1 heterocycles. The van der Waals surface area contributed by atoms with Crippen molar-refractivity contribution in [2.24, 2.45) is 5.92 Å². The highest BCUT2D eigenvalue weighted by Gasteiger charge is 2.21. The van der Waals surface area contributed by atoms with E-state index in [-0.39, 0.29) is 5.91 Å². The summed E-state index contributed by atoms with van der Waals surface area (Å²) >= 11 is 0. The third kappa shape index (κ3) is 3.04. The van der Waals surface area contributed by atoms with Gasteiger partial charge in [-0.1, -0.05) is 6.07 Å². The molecule has 1 atom stereocenters. The molecule has 1 aliphatic heterocycles. The molecular formula is C13H16F2N2O. The molecular weight excluding hydrogens is 238 g/mol. The number of rotatable bonds is 4. The lowest BCUT2D eigenvalue weighted by Crippen LogP contribution is -2.44. The fourth-order valence-corrected chi connectivity index (χ4v) is 1.99. The van der Waals surface area contributed by atoms with Gasteiger partial charge in [0.1, 0.15) is 11.6 Å². The Hall–Kier alpha value is -1.49. The molecule has 1 unspecified atom stereocenters. The van der Waals surface area contributed by atoms with E-state index in [2.05, 4.69) is 10.6 Å².